The predicted molar refractivity (Wildman–Crippen MR) is 72.2 cm³/mol. The summed E-state index contributed by atoms with van der Waals surface area (Å²) < 4.78 is 0. The maximum absolute atomic E-state index is 2.72. The molecule has 3 rings (SSSR count). The van der Waals surface area contributed by atoms with Gasteiger partial charge in [0.05, 0.1) is 0 Å². The van der Waals surface area contributed by atoms with Crippen molar-refractivity contribution in [2.45, 2.75) is 52.0 Å². The Morgan fingerprint density at radius 2 is 1.71 bits per heavy atom. The number of likely N-dealkylation sites (tertiary alicyclic amines) is 2. The van der Waals surface area contributed by atoms with Gasteiger partial charge in [0.15, 0.2) is 0 Å². The van der Waals surface area contributed by atoms with Crippen molar-refractivity contribution in [1.82, 2.24) is 9.80 Å². The molecule has 3 fully saturated rings. The van der Waals surface area contributed by atoms with E-state index in [1.165, 1.54) is 64.8 Å². The molecule has 0 amide bonds. The molecular weight excluding hydrogens is 208 g/mol. The summed E-state index contributed by atoms with van der Waals surface area (Å²) in [5.41, 5.74) is 0.769. The van der Waals surface area contributed by atoms with E-state index in [0.29, 0.717) is 0 Å². The van der Waals surface area contributed by atoms with E-state index in [4.69, 9.17) is 0 Å². The Morgan fingerprint density at radius 1 is 1.06 bits per heavy atom. The van der Waals surface area contributed by atoms with Crippen LogP contribution in [0.2, 0.25) is 0 Å². The summed E-state index contributed by atoms with van der Waals surface area (Å²) >= 11 is 0. The second-order valence-corrected chi connectivity index (χ2v) is 7.13. The van der Waals surface area contributed by atoms with E-state index >= 15 is 0 Å². The fourth-order valence-corrected chi connectivity index (χ4v) is 4.24. The minimum Gasteiger partial charge on any atom is -0.303 e. The molecule has 98 valence electrons. The number of piperidine rings is 1. The van der Waals surface area contributed by atoms with E-state index in [-0.39, 0.29) is 0 Å². The van der Waals surface area contributed by atoms with E-state index in [0.717, 1.165) is 17.4 Å². The van der Waals surface area contributed by atoms with Crippen LogP contribution >= 0.6 is 0 Å². The van der Waals surface area contributed by atoms with E-state index in [2.05, 4.69) is 23.6 Å². The van der Waals surface area contributed by atoms with Crippen LogP contribution in [-0.4, -0.2) is 48.6 Å². The Bertz CT molecular complexity index is 254. The normalized spacial score (nSPS) is 30.5. The lowest BCUT2D eigenvalue weighted by molar-refractivity contribution is -0.113. The first-order valence-corrected chi connectivity index (χ1v) is 7.63. The van der Waals surface area contributed by atoms with Crippen molar-refractivity contribution in [1.29, 1.82) is 0 Å². The summed E-state index contributed by atoms with van der Waals surface area (Å²) in [5, 5.41) is 0. The molecule has 0 radical (unpaired) electrons. The standard InChI is InChI=1S/C15H28N2/c1-13(2)17-11-15(12-17)8-14(9-15)10-16-6-4-3-5-7-16/h13-14H,3-12H2,1-2H3. The van der Waals surface area contributed by atoms with Crippen LogP contribution in [0.4, 0.5) is 0 Å². The van der Waals surface area contributed by atoms with Gasteiger partial charge in [0.2, 0.25) is 0 Å². The Balaban J connectivity index is 1.37. The van der Waals surface area contributed by atoms with Crippen LogP contribution < -0.4 is 0 Å². The predicted octanol–water partition coefficient (Wildman–Crippen LogP) is 2.59. The molecule has 0 atom stereocenters. The smallest absolute Gasteiger partial charge is 0.00534 e. The first kappa shape index (κ1) is 12.0. The zero-order valence-corrected chi connectivity index (χ0v) is 11.6. The first-order valence-electron chi connectivity index (χ1n) is 7.63. The zero-order chi connectivity index (χ0) is 11.9. The fraction of sp³-hybridized carbons (Fsp3) is 1.00. The third-order valence-electron chi connectivity index (χ3n) is 5.22. The van der Waals surface area contributed by atoms with Crippen LogP contribution in [0.3, 0.4) is 0 Å². The van der Waals surface area contributed by atoms with Crippen molar-refractivity contribution in [3.63, 3.8) is 0 Å². The fourth-order valence-electron chi connectivity index (χ4n) is 4.24. The lowest BCUT2D eigenvalue weighted by atomic mass is 9.57. The highest BCUT2D eigenvalue weighted by Gasteiger charge is 2.52. The van der Waals surface area contributed by atoms with Crippen LogP contribution in [0.25, 0.3) is 0 Å². The van der Waals surface area contributed by atoms with E-state index in [1.54, 1.807) is 0 Å². The maximum atomic E-state index is 2.72. The van der Waals surface area contributed by atoms with Crippen LogP contribution in [0, 0.1) is 11.3 Å². The van der Waals surface area contributed by atoms with Gasteiger partial charge in [-0.05, 0) is 64.0 Å². The van der Waals surface area contributed by atoms with Crippen molar-refractivity contribution in [3.8, 4) is 0 Å². The molecule has 1 aliphatic carbocycles. The molecule has 3 aliphatic rings. The van der Waals surface area contributed by atoms with Gasteiger partial charge >= 0.3 is 0 Å². The van der Waals surface area contributed by atoms with Crippen molar-refractivity contribution in [2.75, 3.05) is 32.7 Å². The van der Waals surface area contributed by atoms with Gasteiger partial charge < -0.3 is 4.90 Å². The largest absolute Gasteiger partial charge is 0.303 e. The minimum atomic E-state index is 0.766. The number of hydrogen-bond acceptors (Lipinski definition) is 2. The number of hydrogen-bond donors (Lipinski definition) is 0. The molecular formula is C15H28N2. The molecule has 1 saturated carbocycles. The van der Waals surface area contributed by atoms with E-state index in [9.17, 15) is 0 Å². The Kier molecular flexibility index (Phi) is 3.20. The van der Waals surface area contributed by atoms with Gasteiger partial charge in [-0.25, -0.2) is 0 Å². The summed E-state index contributed by atoms with van der Waals surface area (Å²) in [5.74, 6) is 1.03. The van der Waals surface area contributed by atoms with Gasteiger partial charge in [0, 0.05) is 25.7 Å². The van der Waals surface area contributed by atoms with E-state index in [1.807, 2.05) is 0 Å². The SMILES string of the molecule is CC(C)N1CC2(CC(CN3CCCCC3)C2)C1. The zero-order valence-electron chi connectivity index (χ0n) is 11.6. The molecule has 2 heterocycles. The van der Waals surface area contributed by atoms with Gasteiger partial charge in [-0.2, -0.15) is 0 Å². The van der Waals surface area contributed by atoms with Gasteiger partial charge in [-0.3, -0.25) is 4.90 Å². The molecule has 2 aliphatic heterocycles. The molecule has 0 N–H and O–H groups in total. The van der Waals surface area contributed by atoms with Crippen molar-refractivity contribution in [2.24, 2.45) is 11.3 Å². The van der Waals surface area contributed by atoms with Gasteiger partial charge in [0.1, 0.15) is 0 Å². The highest BCUT2D eigenvalue weighted by molar-refractivity contribution is 5.05. The summed E-state index contributed by atoms with van der Waals surface area (Å²) in [6.07, 6.45) is 7.39. The van der Waals surface area contributed by atoms with Gasteiger partial charge in [-0.15, -0.1) is 0 Å². The molecule has 17 heavy (non-hydrogen) atoms. The molecule has 1 spiro atoms. The third kappa shape index (κ3) is 2.39. The van der Waals surface area contributed by atoms with Gasteiger partial charge in [0.25, 0.3) is 0 Å². The molecule has 0 aromatic carbocycles. The Hall–Kier alpha value is -0.0800. The van der Waals surface area contributed by atoms with Crippen LogP contribution in [0.15, 0.2) is 0 Å². The molecule has 2 heteroatoms. The van der Waals surface area contributed by atoms with Gasteiger partial charge in [-0.1, -0.05) is 6.42 Å². The monoisotopic (exact) mass is 236 g/mol. The highest BCUT2D eigenvalue weighted by Crippen LogP contribution is 2.52. The molecule has 2 saturated heterocycles. The van der Waals surface area contributed by atoms with Crippen LogP contribution in [-0.2, 0) is 0 Å². The first-order chi connectivity index (χ1) is 8.17. The van der Waals surface area contributed by atoms with E-state index < -0.39 is 0 Å². The van der Waals surface area contributed by atoms with Crippen molar-refractivity contribution < 1.29 is 0 Å². The highest BCUT2D eigenvalue weighted by atomic mass is 15.2. The second-order valence-electron chi connectivity index (χ2n) is 7.13. The second kappa shape index (κ2) is 4.55. The number of nitrogens with zero attached hydrogens (tertiary/aromatic N) is 2. The molecule has 2 nitrogen and oxygen atoms in total. The molecule has 0 aromatic rings. The van der Waals surface area contributed by atoms with Crippen molar-refractivity contribution in [3.05, 3.63) is 0 Å². The average molecular weight is 236 g/mol. The minimum absolute atomic E-state index is 0.766. The Labute approximate surface area is 106 Å². The quantitative estimate of drug-likeness (QED) is 0.743. The Morgan fingerprint density at radius 3 is 2.29 bits per heavy atom. The van der Waals surface area contributed by atoms with Crippen LogP contribution in [0.5, 0.6) is 0 Å². The maximum Gasteiger partial charge on any atom is 0.00534 e. The summed E-state index contributed by atoms with van der Waals surface area (Å²) in [4.78, 5) is 5.36. The summed E-state index contributed by atoms with van der Waals surface area (Å²) in [6, 6.07) is 0.766. The van der Waals surface area contributed by atoms with Crippen LogP contribution in [0.1, 0.15) is 46.0 Å². The molecule has 0 unspecified atom stereocenters. The van der Waals surface area contributed by atoms with Crippen molar-refractivity contribution >= 4 is 0 Å². The molecule has 0 aromatic heterocycles. The molecule has 0 bridgehead atoms. The third-order valence-corrected chi connectivity index (χ3v) is 5.22. The summed E-state index contributed by atoms with van der Waals surface area (Å²) in [7, 11) is 0. The lowest BCUT2D eigenvalue weighted by Gasteiger charge is -2.61. The summed E-state index contributed by atoms with van der Waals surface area (Å²) in [6.45, 7) is 11.6. The average Bonchev–Trinajstić information content (AvgIpc) is 2.20. The lowest BCUT2D eigenvalue weighted by Crippen LogP contribution is -2.64. The number of rotatable bonds is 3. The topological polar surface area (TPSA) is 6.48 Å².